The number of methoxy groups -OCH3 is 1. The minimum atomic E-state index is -0.571. The van der Waals surface area contributed by atoms with Gasteiger partial charge in [-0.3, -0.25) is 4.79 Å². The van der Waals surface area contributed by atoms with Gasteiger partial charge in [-0.25, -0.2) is 0 Å². The van der Waals surface area contributed by atoms with E-state index in [4.69, 9.17) is 4.74 Å². The Morgan fingerprint density at radius 2 is 1.89 bits per heavy atom. The van der Waals surface area contributed by atoms with E-state index < -0.39 is 5.60 Å². The number of halogens is 1. The number of piperidine rings is 1. The Morgan fingerprint density at radius 1 is 1.32 bits per heavy atom. The van der Waals surface area contributed by atoms with Gasteiger partial charge in [0.2, 0.25) is 0 Å². The Labute approximate surface area is 122 Å². The molecule has 0 radical (unpaired) electrons. The number of likely N-dealkylation sites (N-methyl/N-ethyl adjacent to an activating group) is 1. The van der Waals surface area contributed by atoms with Gasteiger partial charge in [0.1, 0.15) is 5.60 Å². The summed E-state index contributed by atoms with van der Waals surface area (Å²) in [7, 11) is 3.61. The van der Waals surface area contributed by atoms with Crippen LogP contribution in [0.15, 0.2) is 0 Å². The zero-order valence-electron chi connectivity index (χ0n) is 12.1. The average molecular weight is 291 g/mol. The zero-order chi connectivity index (χ0) is 13.0. The normalized spacial score (nSPS) is 22.8. The fourth-order valence-electron chi connectivity index (χ4n) is 3.35. The number of amides is 1. The van der Waals surface area contributed by atoms with Gasteiger partial charge in [0.05, 0.1) is 0 Å². The molecular formula is C14H27ClN2O2. The van der Waals surface area contributed by atoms with E-state index in [1.807, 2.05) is 11.9 Å². The predicted octanol–water partition coefficient (Wildman–Crippen LogP) is 1.83. The van der Waals surface area contributed by atoms with Gasteiger partial charge in [-0.15, -0.1) is 12.4 Å². The molecule has 1 N–H and O–H groups in total. The summed E-state index contributed by atoms with van der Waals surface area (Å²) < 4.78 is 5.59. The lowest BCUT2D eigenvalue weighted by Gasteiger charge is -2.38. The topological polar surface area (TPSA) is 41.6 Å². The van der Waals surface area contributed by atoms with Gasteiger partial charge in [-0.2, -0.15) is 0 Å². The van der Waals surface area contributed by atoms with Crippen molar-refractivity contribution in [3.8, 4) is 0 Å². The SMILES string of the molecule is COC1(C(=O)N(C)CC2CCCC2)CCNCC1.Cl. The van der Waals surface area contributed by atoms with E-state index >= 15 is 0 Å². The fraction of sp³-hybridized carbons (Fsp3) is 0.929. The molecule has 2 rings (SSSR count). The summed E-state index contributed by atoms with van der Waals surface area (Å²) in [4.78, 5) is 14.5. The fourth-order valence-corrected chi connectivity index (χ4v) is 3.35. The third-order valence-electron chi connectivity index (χ3n) is 4.55. The van der Waals surface area contributed by atoms with Crippen LogP contribution in [0.5, 0.6) is 0 Å². The molecule has 0 aromatic heterocycles. The monoisotopic (exact) mass is 290 g/mol. The molecule has 1 saturated carbocycles. The maximum absolute atomic E-state index is 12.6. The summed E-state index contributed by atoms with van der Waals surface area (Å²) in [6.45, 7) is 2.64. The van der Waals surface area contributed by atoms with Crippen LogP contribution in [0.2, 0.25) is 0 Å². The lowest BCUT2D eigenvalue weighted by molar-refractivity contribution is -0.157. The maximum atomic E-state index is 12.6. The molecule has 4 nitrogen and oxygen atoms in total. The van der Waals surface area contributed by atoms with E-state index in [9.17, 15) is 4.79 Å². The second-order valence-electron chi connectivity index (χ2n) is 5.78. The molecule has 112 valence electrons. The van der Waals surface area contributed by atoms with E-state index in [2.05, 4.69) is 5.32 Å². The molecule has 1 heterocycles. The van der Waals surface area contributed by atoms with Crippen molar-refractivity contribution in [1.82, 2.24) is 10.2 Å². The highest BCUT2D eigenvalue weighted by atomic mass is 35.5. The Hall–Kier alpha value is -0.320. The number of nitrogens with zero attached hydrogens (tertiary/aromatic N) is 1. The van der Waals surface area contributed by atoms with E-state index in [1.54, 1.807) is 7.11 Å². The first-order valence-corrected chi connectivity index (χ1v) is 7.19. The van der Waals surface area contributed by atoms with Crippen molar-refractivity contribution in [3.05, 3.63) is 0 Å². The molecule has 0 aromatic carbocycles. The first kappa shape index (κ1) is 16.7. The number of nitrogens with one attached hydrogen (secondary N) is 1. The Bertz CT molecular complexity index is 287. The van der Waals surface area contributed by atoms with E-state index in [1.165, 1.54) is 25.7 Å². The molecule has 1 saturated heterocycles. The minimum Gasteiger partial charge on any atom is -0.368 e. The molecule has 2 fully saturated rings. The van der Waals surface area contributed by atoms with Crippen molar-refractivity contribution in [1.29, 1.82) is 0 Å². The number of rotatable bonds is 4. The highest BCUT2D eigenvalue weighted by Crippen LogP contribution is 2.28. The molecule has 0 aromatic rings. The summed E-state index contributed by atoms with van der Waals surface area (Å²) in [5, 5.41) is 3.29. The maximum Gasteiger partial charge on any atom is 0.254 e. The Balaban J connectivity index is 0.00000180. The first-order chi connectivity index (χ1) is 8.68. The quantitative estimate of drug-likeness (QED) is 0.859. The zero-order valence-corrected chi connectivity index (χ0v) is 12.9. The van der Waals surface area contributed by atoms with Gasteiger partial charge in [-0.1, -0.05) is 12.8 Å². The van der Waals surface area contributed by atoms with Gasteiger partial charge in [0, 0.05) is 20.7 Å². The highest BCUT2D eigenvalue weighted by Gasteiger charge is 2.41. The number of carbonyl (C=O) groups is 1. The molecule has 2 aliphatic rings. The van der Waals surface area contributed by atoms with Crippen LogP contribution in [-0.2, 0) is 9.53 Å². The Morgan fingerprint density at radius 3 is 2.42 bits per heavy atom. The summed E-state index contributed by atoms with van der Waals surface area (Å²) in [6.07, 6.45) is 6.78. The van der Waals surface area contributed by atoms with Gasteiger partial charge >= 0.3 is 0 Å². The van der Waals surface area contributed by atoms with Crippen LogP contribution in [0.4, 0.5) is 0 Å². The summed E-state index contributed by atoms with van der Waals surface area (Å²) in [5.74, 6) is 0.882. The number of carbonyl (C=O) groups excluding carboxylic acids is 1. The van der Waals surface area contributed by atoms with E-state index in [0.29, 0.717) is 5.92 Å². The van der Waals surface area contributed by atoms with E-state index in [0.717, 1.165) is 32.5 Å². The standard InChI is InChI=1S/C14H26N2O2.ClH/c1-16(11-12-5-3-4-6-12)13(17)14(18-2)7-9-15-10-8-14;/h12,15H,3-11H2,1-2H3;1H. The molecule has 0 spiro atoms. The first-order valence-electron chi connectivity index (χ1n) is 7.19. The lowest BCUT2D eigenvalue weighted by atomic mass is 9.90. The van der Waals surface area contributed by atoms with Crippen LogP contribution in [0.1, 0.15) is 38.5 Å². The number of hydrogen-bond donors (Lipinski definition) is 1. The van der Waals surface area contributed by atoms with Crippen LogP contribution in [0, 0.1) is 5.92 Å². The molecule has 0 atom stereocenters. The summed E-state index contributed by atoms with van der Waals surface area (Å²) in [6, 6.07) is 0. The van der Waals surface area contributed by atoms with Crippen molar-refractivity contribution < 1.29 is 9.53 Å². The van der Waals surface area contributed by atoms with Gasteiger partial charge in [0.25, 0.3) is 5.91 Å². The molecular weight excluding hydrogens is 264 g/mol. The second-order valence-corrected chi connectivity index (χ2v) is 5.78. The van der Waals surface area contributed by atoms with E-state index in [-0.39, 0.29) is 18.3 Å². The van der Waals surface area contributed by atoms with Crippen molar-refractivity contribution in [3.63, 3.8) is 0 Å². The third kappa shape index (κ3) is 3.83. The van der Waals surface area contributed by atoms with Crippen LogP contribution in [0.3, 0.4) is 0 Å². The van der Waals surface area contributed by atoms with Crippen LogP contribution in [-0.4, -0.2) is 50.2 Å². The largest absolute Gasteiger partial charge is 0.368 e. The molecule has 0 unspecified atom stereocenters. The predicted molar refractivity (Wildman–Crippen MR) is 78.7 cm³/mol. The molecule has 1 amide bonds. The van der Waals surface area contributed by atoms with Gasteiger partial charge in [-0.05, 0) is 44.7 Å². The van der Waals surface area contributed by atoms with Gasteiger partial charge in [0.15, 0.2) is 0 Å². The highest BCUT2D eigenvalue weighted by molar-refractivity contribution is 5.85. The molecule has 1 aliphatic carbocycles. The van der Waals surface area contributed by atoms with Crippen molar-refractivity contribution in [2.24, 2.45) is 5.92 Å². The van der Waals surface area contributed by atoms with Crippen molar-refractivity contribution >= 4 is 18.3 Å². The van der Waals surface area contributed by atoms with Crippen LogP contribution < -0.4 is 5.32 Å². The van der Waals surface area contributed by atoms with Crippen LogP contribution >= 0.6 is 12.4 Å². The second kappa shape index (κ2) is 7.46. The van der Waals surface area contributed by atoms with Crippen molar-refractivity contribution in [2.45, 2.75) is 44.1 Å². The number of hydrogen-bond acceptors (Lipinski definition) is 3. The van der Waals surface area contributed by atoms with Crippen molar-refractivity contribution in [2.75, 3.05) is 33.8 Å². The number of ether oxygens (including phenoxy) is 1. The van der Waals surface area contributed by atoms with Crippen LogP contribution in [0.25, 0.3) is 0 Å². The third-order valence-corrected chi connectivity index (χ3v) is 4.55. The van der Waals surface area contributed by atoms with Gasteiger partial charge < -0.3 is 15.0 Å². The lowest BCUT2D eigenvalue weighted by Crippen LogP contribution is -2.55. The summed E-state index contributed by atoms with van der Waals surface area (Å²) in [5.41, 5.74) is -0.571. The molecule has 1 aliphatic heterocycles. The Kier molecular flexibility index (Phi) is 6.57. The summed E-state index contributed by atoms with van der Waals surface area (Å²) >= 11 is 0. The molecule has 5 heteroatoms. The minimum absolute atomic E-state index is 0. The smallest absolute Gasteiger partial charge is 0.254 e. The molecule has 0 bridgehead atoms. The molecule has 19 heavy (non-hydrogen) atoms. The average Bonchev–Trinajstić information content (AvgIpc) is 2.91.